The van der Waals surface area contributed by atoms with Gasteiger partial charge in [0.15, 0.2) is 0 Å². The summed E-state index contributed by atoms with van der Waals surface area (Å²) in [5.74, 6) is -0.165. The Bertz CT molecular complexity index is 466. The zero-order chi connectivity index (χ0) is 21.8. The molecule has 0 aliphatic rings. The van der Waals surface area contributed by atoms with Crippen LogP contribution in [-0.2, 0) is 13.9 Å². The van der Waals surface area contributed by atoms with Crippen LogP contribution >= 0.6 is 7.82 Å². The second-order valence-corrected chi connectivity index (χ2v) is 8.82. The third kappa shape index (κ3) is 23.4. The number of aliphatic hydroxyl groups excluding tert-OH is 1. The predicted molar refractivity (Wildman–Crippen MR) is 116 cm³/mol. The predicted octanol–water partition coefficient (Wildman–Crippen LogP) is 4.61. The molecule has 0 rings (SSSR count). The van der Waals surface area contributed by atoms with Crippen LogP contribution in [0, 0.1) is 0 Å². The fraction of sp³-hybridized carbons (Fsp3) is 0.857. The monoisotopic (exact) mass is 435 g/mol. The minimum absolute atomic E-state index is 0.0774. The van der Waals surface area contributed by atoms with Gasteiger partial charge < -0.3 is 20.2 Å². The Hall–Kier alpha value is -0.720. The van der Waals surface area contributed by atoms with Gasteiger partial charge >= 0.3 is 7.82 Å². The molecule has 29 heavy (non-hydrogen) atoms. The van der Waals surface area contributed by atoms with Gasteiger partial charge in [0.1, 0.15) is 0 Å². The number of phosphoric ester groups is 1. The maximum absolute atomic E-state index is 11.7. The molecule has 0 spiro atoms. The van der Waals surface area contributed by atoms with Gasteiger partial charge in [-0.2, -0.15) is 0 Å². The molecule has 0 saturated heterocycles. The van der Waals surface area contributed by atoms with Gasteiger partial charge in [-0.3, -0.25) is 9.32 Å². The first kappa shape index (κ1) is 28.3. The highest BCUT2D eigenvalue weighted by atomic mass is 31.2. The molecule has 0 aromatic rings. The first-order chi connectivity index (χ1) is 13.8. The van der Waals surface area contributed by atoms with E-state index < -0.39 is 20.5 Å². The highest BCUT2D eigenvalue weighted by Gasteiger charge is 2.17. The number of amides is 1. The fourth-order valence-corrected chi connectivity index (χ4v) is 3.28. The molecule has 7 nitrogen and oxygen atoms in total. The number of aliphatic hydroxyl groups is 1. The van der Waals surface area contributed by atoms with Crippen LogP contribution in [0.2, 0.25) is 0 Å². The summed E-state index contributed by atoms with van der Waals surface area (Å²) in [5, 5.41) is 12.0. The molecule has 172 valence electrons. The molecule has 0 fully saturated rings. The van der Waals surface area contributed by atoms with E-state index in [1.54, 1.807) is 0 Å². The molecule has 0 aliphatic carbocycles. The summed E-state index contributed by atoms with van der Waals surface area (Å²) in [6.07, 6.45) is 19.5. The van der Waals surface area contributed by atoms with Crippen molar-refractivity contribution in [3.05, 3.63) is 12.2 Å². The highest BCUT2D eigenvalue weighted by Crippen LogP contribution is 2.35. The van der Waals surface area contributed by atoms with Crippen molar-refractivity contribution in [1.29, 1.82) is 0 Å². The number of hydrogen-bond donors (Lipinski definition) is 4. The molecule has 0 bridgehead atoms. The van der Waals surface area contributed by atoms with E-state index in [9.17, 15) is 14.5 Å². The molecule has 0 aromatic carbocycles. The summed E-state index contributed by atoms with van der Waals surface area (Å²) >= 11 is 0. The van der Waals surface area contributed by atoms with Crippen molar-refractivity contribution >= 4 is 13.7 Å². The Labute approximate surface area is 176 Å². The van der Waals surface area contributed by atoms with E-state index in [1.165, 1.54) is 64.2 Å². The van der Waals surface area contributed by atoms with E-state index in [0.717, 1.165) is 19.3 Å². The fourth-order valence-electron chi connectivity index (χ4n) is 2.92. The highest BCUT2D eigenvalue weighted by molar-refractivity contribution is 7.46. The van der Waals surface area contributed by atoms with Gasteiger partial charge in [0.05, 0.1) is 12.7 Å². The van der Waals surface area contributed by atoms with Crippen molar-refractivity contribution in [3.8, 4) is 0 Å². The van der Waals surface area contributed by atoms with E-state index in [0.29, 0.717) is 6.42 Å². The lowest BCUT2D eigenvalue weighted by molar-refractivity contribution is -0.121. The summed E-state index contributed by atoms with van der Waals surface area (Å²) < 4.78 is 14.7. The molecule has 1 atom stereocenters. The van der Waals surface area contributed by atoms with Crippen molar-refractivity contribution in [1.82, 2.24) is 5.32 Å². The minimum atomic E-state index is -4.59. The quantitative estimate of drug-likeness (QED) is 0.126. The second-order valence-electron chi connectivity index (χ2n) is 7.58. The van der Waals surface area contributed by atoms with E-state index in [2.05, 4.69) is 28.9 Å². The molecule has 4 N–H and O–H groups in total. The third-order valence-corrected chi connectivity index (χ3v) is 5.12. The van der Waals surface area contributed by atoms with E-state index in [4.69, 9.17) is 9.79 Å². The normalized spacial score (nSPS) is 13.1. The number of allylic oxidation sites excluding steroid dienone is 2. The molecule has 0 aliphatic heterocycles. The van der Waals surface area contributed by atoms with Gasteiger partial charge in [0.25, 0.3) is 0 Å². The largest absolute Gasteiger partial charge is 0.469 e. The number of carbonyl (C=O) groups is 1. The average Bonchev–Trinajstić information content (AvgIpc) is 2.67. The Balaban J connectivity index is 3.36. The Kier molecular flexibility index (Phi) is 18.8. The van der Waals surface area contributed by atoms with Gasteiger partial charge in [-0.05, 0) is 32.1 Å². The van der Waals surface area contributed by atoms with Crippen molar-refractivity contribution in [2.45, 2.75) is 103 Å². The zero-order valence-corrected chi connectivity index (χ0v) is 19.0. The number of nitrogens with one attached hydrogen (secondary N) is 1. The molecule has 8 heteroatoms. The first-order valence-corrected chi connectivity index (χ1v) is 12.7. The van der Waals surface area contributed by atoms with Crippen molar-refractivity contribution in [2.24, 2.45) is 0 Å². The van der Waals surface area contributed by atoms with E-state index in [1.807, 2.05) is 0 Å². The number of carbonyl (C=O) groups excluding carboxylic acids is 1. The molecule has 0 aromatic heterocycles. The lowest BCUT2D eigenvalue weighted by atomic mass is 10.1. The molecule has 1 unspecified atom stereocenters. The van der Waals surface area contributed by atoms with Crippen LogP contribution in [0.25, 0.3) is 0 Å². The smallest absolute Gasteiger partial charge is 0.389 e. The molecule has 0 saturated carbocycles. The van der Waals surface area contributed by atoms with Gasteiger partial charge in [0, 0.05) is 13.0 Å². The molecular formula is C21H42NO6P. The lowest BCUT2D eigenvalue weighted by Crippen LogP contribution is -2.34. The Morgan fingerprint density at radius 3 is 2.00 bits per heavy atom. The second kappa shape index (κ2) is 19.3. The molecule has 0 heterocycles. The Morgan fingerprint density at radius 2 is 1.45 bits per heavy atom. The maximum Gasteiger partial charge on any atom is 0.469 e. The van der Waals surface area contributed by atoms with Crippen molar-refractivity contribution in [2.75, 3.05) is 13.2 Å². The number of phosphoric acid groups is 1. The van der Waals surface area contributed by atoms with Crippen LogP contribution in [0.1, 0.15) is 96.8 Å². The number of rotatable bonds is 20. The number of hydrogen-bond acceptors (Lipinski definition) is 4. The van der Waals surface area contributed by atoms with Crippen LogP contribution in [0.3, 0.4) is 0 Å². The first-order valence-electron chi connectivity index (χ1n) is 11.1. The van der Waals surface area contributed by atoms with Crippen LogP contribution in [0.15, 0.2) is 12.2 Å². The number of unbranched alkanes of at least 4 members (excludes halogenated alkanes) is 11. The van der Waals surface area contributed by atoms with Crippen molar-refractivity contribution < 1.29 is 28.8 Å². The van der Waals surface area contributed by atoms with Crippen LogP contribution < -0.4 is 5.32 Å². The van der Waals surface area contributed by atoms with E-state index >= 15 is 0 Å². The van der Waals surface area contributed by atoms with Gasteiger partial charge in [-0.25, -0.2) is 4.57 Å². The van der Waals surface area contributed by atoms with Crippen LogP contribution in [-0.4, -0.2) is 40.1 Å². The summed E-state index contributed by atoms with van der Waals surface area (Å²) in [5.41, 5.74) is 0. The SMILES string of the molecule is CCCCCCC=CCCCCCCCCCC(=O)NCC(O)COP(=O)(O)O. The van der Waals surface area contributed by atoms with Crippen molar-refractivity contribution in [3.63, 3.8) is 0 Å². The third-order valence-electron chi connectivity index (χ3n) is 4.64. The topological polar surface area (TPSA) is 116 Å². The standard InChI is InChI=1S/C21H42NO6P/c1-2-3-4-5-6-7-8-9-10-11-12-13-14-15-16-17-21(24)22-18-20(23)19-28-29(25,26)27/h7-8,20,23H,2-6,9-19H2,1H3,(H,22,24)(H2,25,26,27). The van der Waals surface area contributed by atoms with Gasteiger partial charge in [-0.1, -0.05) is 70.4 Å². The Morgan fingerprint density at radius 1 is 0.931 bits per heavy atom. The summed E-state index contributed by atoms with van der Waals surface area (Å²) in [6.45, 7) is 1.64. The van der Waals surface area contributed by atoms with Gasteiger partial charge in [0.2, 0.25) is 5.91 Å². The molecule has 0 radical (unpaired) electrons. The zero-order valence-electron chi connectivity index (χ0n) is 18.1. The maximum atomic E-state index is 11.7. The molecular weight excluding hydrogens is 393 g/mol. The lowest BCUT2D eigenvalue weighted by Gasteiger charge is -2.12. The van der Waals surface area contributed by atoms with Gasteiger partial charge in [-0.15, -0.1) is 0 Å². The summed E-state index contributed by atoms with van der Waals surface area (Å²) in [4.78, 5) is 28.7. The van der Waals surface area contributed by atoms with Crippen LogP contribution in [0.4, 0.5) is 0 Å². The van der Waals surface area contributed by atoms with Crippen LogP contribution in [0.5, 0.6) is 0 Å². The van der Waals surface area contributed by atoms with E-state index in [-0.39, 0.29) is 12.5 Å². The average molecular weight is 436 g/mol. The summed E-state index contributed by atoms with van der Waals surface area (Å²) in [7, 11) is -4.59. The molecule has 1 amide bonds. The minimum Gasteiger partial charge on any atom is -0.389 e. The summed E-state index contributed by atoms with van der Waals surface area (Å²) in [6, 6.07) is 0.